The Bertz CT molecular complexity index is 772. The summed E-state index contributed by atoms with van der Waals surface area (Å²) in [5, 5.41) is 21.1. The minimum atomic E-state index is -1.16. The van der Waals surface area contributed by atoms with Gasteiger partial charge >= 0.3 is 0 Å². The summed E-state index contributed by atoms with van der Waals surface area (Å²) >= 11 is 0. The monoisotopic (exact) mass is 342 g/mol. The topological polar surface area (TPSA) is 91.3 Å². The van der Waals surface area contributed by atoms with E-state index in [9.17, 15) is 9.90 Å². The zero-order chi connectivity index (χ0) is 17.9. The van der Waals surface area contributed by atoms with E-state index in [0.29, 0.717) is 25.1 Å². The first-order chi connectivity index (χ1) is 12.0. The third-order valence-electron chi connectivity index (χ3n) is 4.55. The van der Waals surface area contributed by atoms with Gasteiger partial charge in [-0.15, -0.1) is 0 Å². The zero-order valence-electron chi connectivity index (χ0n) is 14.4. The van der Waals surface area contributed by atoms with Crippen LogP contribution in [0.5, 0.6) is 5.75 Å². The highest BCUT2D eigenvalue weighted by Gasteiger charge is 2.38. The van der Waals surface area contributed by atoms with Crippen molar-refractivity contribution in [3.63, 3.8) is 0 Å². The van der Waals surface area contributed by atoms with Gasteiger partial charge in [-0.3, -0.25) is 4.79 Å². The van der Waals surface area contributed by atoms with Crippen LogP contribution in [0.2, 0.25) is 0 Å². The Hall–Kier alpha value is -2.67. The molecule has 2 aromatic rings. The van der Waals surface area contributed by atoms with Crippen LogP contribution in [0.4, 0.5) is 0 Å². The summed E-state index contributed by atoms with van der Waals surface area (Å²) < 4.78 is 5.35. The molecule has 1 aromatic heterocycles. The van der Waals surface area contributed by atoms with Crippen molar-refractivity contribution < 1.29 is 14.6 Å². The lowest BCUT2D eigenvalue weighted by Crippen LogP contribution is -2.48. The van der Waals surface area contributed by atoms with Crippen molar-refractivity contribution in [2.45, 2.75) is 25.4 Å². The number of benzene rings is 1. The van der Waals surface area contributed by atoms with Gasteiger partial charge in [-0.25, -0.2) is 0 Å². The summed E-state index contributed by atoms with van der Waals surface area (Å²) in [6.07, 6.45) is 4.35. The number of aliphatic hydroxyl groups is 1. The van der Waals surface area contributed by atoms with E-state index < -0.39 is 5.60 Å². The van der Waals surface area contributed by atoms with E-state index in [-0.39, 0.29) is 12.5 Å². The van der Waals surface area contributed by atoms with Crippen LogP contribution in [0, 0.1) is 0 Å². The molecule has 0 aliphatic carbocycles. The van der Waals surface area contributed by atoms with E-state index in [0.717, 1.165) is 16.9 Å². The van der Waals surface area contributed by atoms with Crippen molar-refractivity contribution in [3.8, 4) is 5.75 Å². The molecule has 2 N–H and O–H groups in total. The van der Waals surface area contributed by atoms with Crippen LogP contribution in [0.25, 0.3) is 5.57 Å². The van der Waals surface area contributed by atoms with Gasteiger partial charge < -0.3 is 14.7 Å². The van der Waals surface area contributed by atoms with Gasteiger partial charge in [0.1, 0.15) is 17.0 Å². The number of carbonyl (C=O) groups is 1. The first-order valence-electron chi connectivity index (χ1n) is 8.23. The molecular weight excluding hydrogens is 320 g/mol. The maximum absolute atomic E-state index is 12.7. The predicted octanol–water partition coefficient (Wildman–Crippen LogP) is 1.73. The van der Waals surface area contributed by atoms with Crippen molar-refractivity contribution in [3.05, 3.63) is 47.8 Å². The molecule has 0 radical (unpaired) electrons. The molecule has 0 saturated carbocycles. The molecule has 7 heteroatoms. The molecule has 1 fully saturated rings. The second-order valence-corrected chi connectivity index (χ2v) is 6.28. The minimum absolute atomic E-state index is 0.134. The third kappa shape index (κ3) is 3.56. The van der Waals surface area contributed by atoms with Gasteiger partial charge in [0.25, 0.3) is 0 Å². The molecule has 1 unspecified atom stereocenters. The maximum Gasteiger partial charge on any atom is 0.246 e. The summed E-state index contributed by atoms with van der Waals surface area (Å²) in [4.78, 5) is 14.3. The lowest BCUT2D eigenvalue weighted by molar-refractivity contribution is -0.133. The van der Waals surface area contributed by atoms with Gasteiger partial charge in [-0.1, -0.05) is 18.2 Å². The highest BCUT2D eigenvalue weighted by atomic mass is 16.5. The molecule has 1 atom stereocenters. The highest BCUT2D eigenvalue weighted by Crippen LogP contribution is 2.30. The van der Waals surface area contributed by atoms with E-state index >= 15 is 0 Å². The number of aromatic amines is 1. The second-order valence-electron chi connectivity index (χ2n) is 6.28. The largest absolute Gasteiger partial charge is 0.496 e. The first-order valence-corrected chi connectivity index (χ1v) is 8.23. The van der Waals surface area contributed by atoms with Crippen LogP contribution in [-0.4, -0.2) is 51.5 Å². The predicted molar refractivity (Wildman–Crippen MR) is 92.7 cm³/mol. The quantitative estimate of drug-likeness (QED) is 0.826. The Morgan fingerprint density at radius 2 is 2.24 bits per heavy atom. The van der Waals surface area contributed by atoms with Crippen molar-refractivity contribution in [2.24, 2.45) is 0 Å². The van der Waals surface area contributed by atoms with Crippen LogP contribution in [0.1, 0.15) is 31.0 Å². The number of nitrogens with one attached hydrogen (secondary N) is 1. The summed E-state index contributed by atoms with van der Waals surface area (Å²) in [5.41, 5.74) is 1.00. The lowest BCUT2D eigenvalue weighted by Gasteiger charge is -2.37. The number of rotatable bonds is 4. The number of carbonyl (C=O) groups excluding carboxylic acids is 1. The molecule has 132 valence electrons. The molecule has 7 nitrogen and oxygen atoms in total. The van der Waals surface area contributed by atoms with Crippen molar-refractivity contribution >= 4 is 11.5 Å². The number of piperidine rings is 1. The number of hydrogen-bond acceptors (Lipinski definition) is 5. The Labute approximate surface area is 146 Å². The smallest absolute Gasteiger partial charge is 0.246 e. The third-order valence-corrected chi connectivity index (χ3v) is 4.55. The van der Waals surface area contributed by atoms with Crippen LogP contribution in [-0.2, 0) is 10.4 Å². The molecule has 25 heavy (non-hydrogen) atoms. The van der Waals surface area contributed by atoms with Crippen LogP contribution in [0.3, 0.4) is 0 Å². The molecule has 3 rings (SSSR count). The van der Waals surface area contributed by atoms with Crippen molar-refractivity contribution in [1.82, 2.24) is 20.3 Å². The van der Waals surface area contributed by atoms with Crippen molar-refractivity contribution in [1.29, 1.82) is 0 Å². The molecular formula is C18H22N4O3. The van der Waals surface area contributed by atoms with Gasteiger partial charge in [0.15, 0.2) is 0 Å². The number of nitrogens with zero attached hydrogens (tertiary/aromatic N) is 3. The molecule has 0 bridgehead atoms. The van der Waals surface area contributed by atoms with Gasteiger partial charge in [0, 0.05) is 18.2 Å². The molecule has 1 aromatic carbocycles. The standard InChI is InChI=1S/C18H22N4O3/c1-13(14-6-3-4-7-15(14)25-2)10-17(23)22-9-5-8-18(24,12-22)16-11-19-21-20-16/h3-4,6-7,10-11,24H,5,8-9,12H2,1-2H3,(H,19,20,21)/b13-10+. The van der Waals surface area contributed by atoms with Crippen LogP contribution >= 0.6 is 0 Å². The SMILES string of the molecule is COc1ccccc1/C(C)=C/C(=O)N1CCCC(O)(c2cn[nH]n2)C1. The van der Waals surface area contributed by atoms with E-state index in [4.69, 9.17) is 4.74 Å². The minimum Gasteiger partial charge on any atom is -0.496 e. The number of aromatic nitrogens is 3. The number of β-amino-alcohol motifs (C(OH)–C–C–N with tert-alkyl or cyclic N) is 1. The van der Waals surface area contributed by atoms with Gasteiger partial charge in [0.05, 0.1) is 19.9 Å². The number of amides is 1. The Kier molecular flexibility index (Phi) is 4.85. The maximum atomic E-state index is 12.7. The number of allylic oxidation sites excluding steroid dienone is 1. The van der Waals surface area contributed by atoms with E-state index in [1.165, 1.54) is 6.20 Å². The number of methoxy groups -OCH3 is 1. The van der Waals surface area contributed by atoms with Gasteiger partial charge in [-0.2, -0.15) is 15.4 Å². The average molecular weight is 342 g/mol. The first kappa shape index (κ1) is 17.2. The number of para-hydroxylation sites is 1. The van der Waals surface area contributed by atoms with Gasteiger partial charge in [-0.05, 0) is 31.4 Å². The fourth-order valence-electron chi connectivity index (χ4n) is 3.18. The fraction of sp³-hybridized carbons (Fsp3) is 0.389. The summed E-state index contributed by atoms with van der Waals surface area (Å²) in [6, 6.07) is 7.57. The normalized spacial score (nSPS) is 21.2. The number of hydrogen-bond donors (Lipinski definition) is 2. The molecule has 2 heterocycles. The fourth-order valence-corrected chi connectivity index (χ4v) is 3.18. The van der Waals surface area contributed by atoms with E-state index in [1.807, 2.05) is 31.2 Å². The number of likely N-dealkylation sites (tertiary alicyclic amines) is 1. The van der Waals surface area contributed by atoms with Crippen LogP contribution in [0.15, 0.2) is 36.5 Å². The van der Waals surface area contributed by atoms with E-state index in [2.05, 4.69) is 15.4 Å². The highest BCUT2D eigenvalue weighted by molar-refractivity contribution is 5.95. The van der Waals surface area contributed by atoms with Crippen LogP contribution < -0.4 is 4.74 Å². The zero-order valence-corrected chi connectivity index (χ0v) is 14.4. The molecule has 1 saturated heterocycles. The molecule has 0 spiro atoms. The Morgan fingerprint density at radius 3 is 2.96 bits per heavy atom. The summed E-state index contributed by atoms with van der Waals surface area (Å²) in [5.74, 6) is 0.590. The number of H-pyrrole nitrogens is 1. The number of ether oxygens (including phenoxy) is 1. The Morgan fingerprint density at radius 1 is 1.44 bits per heavy atom. The molecule has 1 amide bonds. The summed E-state index contributed by atoms with van der Waals surface area (Å²) in [6.45, 7) is 2.69. The second kappa shape index (κ2) is 7.06. The van der Waals surface area contributed by atoms with E-state index in [1.54, 1.807) is 18.1 Å². The Balaban J connectivity index is 1.78. The van der Waals surface area contributed by atoms with Gasteiger partial charge in [0.2, 0.25) is 5.91 Å². The molecule has 1 aliphatic heterocycles. The lowest BCUT2D eigenvalue weighted by atomic mass is 9.90. The molecule has 1 aliphatic rings. The summed E-state index contributed by atoms with van der Waals surface area (Å²) in [7, 11) is 1.61. The van der Waals surface area contributed by atoms with Crippen molar-refractivity contribution in [2.75, 3.05) is 20.2 Å². The average Bonchev–Trinajstić information content (AvgIpc) is 3.17.